The first-order valence-corrected chi connectivity index (χ1v) is 9.38. The molecule has 8 nitrogen and oxygen atoms in total. The number of pyridine rings is 1. The predicted octanol–water partition coefficient (Wildman–Crippen LogP) is 2.08. The molecule has 1 fully saturated rings. The van der Waals surface area contributed by atoms with E-state index in [2.05, 4.69) is 15.4 Å². The van der Waals surface area contributed by atoms with Crippen LogP contribution in [0.4, 0.5) is 10.5 Å². The van der Waals surface area contributed by atoms with E-state index in [9.17, 15) is 9.59 Å². The largest absolute Gasteiger partial charge is 0.324 e. The smallest absolute Gasteiger partial charge is 0.321 e. The average Bonchev–Trinajstić information content (AvgIpc) is 3.24. The summed E-state index contributed by atoms with van der Waals surface area (Å²) in [5, 5.41) is 7.11. The molecule has 1 N–H and O–H groups in total. The highest BCUT2D eigenvalue weighted by Crippen LogP contribution is 2.35. The van der Waals surface area contributed by atoms with Crippen molar-refractivity contribution in [2.45, 2.75) is 18.9 Å². The molecule has 2 aliphatic rings. The van der Waals surface area contributed by atoms with Gasteiger partial charge >= 0.3 is 6.03 Å². The van der Waals surface area contributed by atoms with Crippen molar-refractivity contribution in [3.63, 3.8) is 0 Å². The highest BCUT2D eigenvalue weighted by molar-refractivity contribution is 5.89. The average molecular weight is 376 g/mol. The molecule has 0 spiro atoms. The van der Waals surface area contributed by atoms with E-state index in [4.69, 9.17) is 0 Å². The number of carbonyl (C=O) groups excluding carboxylic acids is 1. The second-order valence-electron chi connectivity index (χ2n) is 7.42. The quantitative estimate of drug-likeness (QED) is 0.742. The number of piperidine rings is 1. The van der Waals surface area contributed by atoms with Crippen LogP contribution in [-0.2, 0) is 6.54 Å². The summed E-state index contributed by atoms with van der Waals surface area (Å²) in [4.78, 5) is 30.8. The second kappa shape index (κ2) is 6.63. The van der Waals surface area contributed by atoms with Gasteiger partial charge in [-0.3, -0.25) is 4.79 Å². The number of nitrogens with one attached hydrogen (secondary N) is 1. The van der Waals surface area contributed by atoms with Crippen LogP contribution in [0.25, 0.3) is 5.69 Å². The number of anilines is 1. The van der Waals surface area contributed by atoms with E-state index >= 15 is 0 Å². The van der Waals surface area contributed by atoms with Crippen molar-refractivity contribution in [1.82, 2.24) is 24.2 Å². The number of amides is 2. The first-order valence-electron chi connectivity index (χ1n) is 9.38. The third-order valence-corrected chi connectivity index (χ3v) is 5.55. The molecule has 0 radical (unpaired) electrons. The molecular formula is C20H20N6O2. The Morgan fingerprint density at radius 3 is 2.86 bits per heavy atom. The number of likely N-dealkylation sites (tertiary alicyclic amines) is 1. The van der Waals surface area contributed by atoms with Crippen LogP contribution in [0.1, 0.15) is 18.0 Å². The van der Waals surface area contributed by atoms with E-state index < -0.39 is 0 Å². The molecule has 28 heavy (non-hydrogen) atoms. The molecular weight excluding hydrogens is 356 g/mol. The van der Waals surface area contributed by atoms with Crippen molar-refractivity contribution < 1.29 is 4.79 Å². The number of fused-ring (bicyclic) bond motifs is 4. The van der Waals surface area contributed by atoms with Crippen LogP contribution in [0, 0.1) is 5.92 Å². The highest BCUT2D eigenvalue weighted by atomic mass is 16.2. The maximum atomic E-state index is 12.9. The SMILES string of the molecule is O=C(Nc1cccc(-n2cncn2)c1)N1CC2CC(C1)c1cccc(=O)n1C2. The Morgan fingerprint density at radius 2 is 2.00 bits per heavy atom. The molecule has 3 aromatic rings. The van der Waals surface area contributed by atoms with Crippen LogP contribution in [0.2, 0.25) is 0 Å². The van der Waals surface area contributed by atoms with Gasteiger partial charge in [0.2, 0.25) is 0 Å². The van der Waals surface area contributed by atoms with Crippen molar-refractivity contribution >= 4 is 11.7 Å². The van der Waals surface area contributed by atoms with Crippen molar-refractivity contribution in [2.75, 3.05) is 18.4 Å². The molecule has 0 aliphatic carbocycles. The van der Waals surface area contributed by atoms with E-state index in [0.29, 0.717) is 31.2 Å². The standard InChI is InChI=1S/C20H20N6O2/c27-19-6-2-5-18-15-7-14(10-25(18)19)9-24(11-15)20(28)23-16-3-1-4-17(8-16)26-13-21-12-22-26/h1-6,8,12-15H,7,9-11H2,(H,23,28). The Bertz CT molecular complexity index is 1070. The molecule has 142 valence electrons. The first kappa shape index (κ1) is 16.7. The minimum absolute atomic E-state index is 0.0510. The number of carbonyl (C=O) groups is 1. The molecule has 2 amide bonds. The summed E-state index contributed by atoms with van der Waals surface area (Å²) in [6.45, 7) is 1.96. The fourth-order valence-electron chi connectivity index (χ4n) is 4.33. The molecule has 2 aliphatic heterocycles. The second-order valence-corrected chi connectivity index (χ2v) is 7.42. The van der Waals surface area contributed by atoms with Gasteiger partial charge in [-0.05, 0) is 36.6 Å². The highest BCUT2D eigenvalue weighted by Gasteiger charge is 2.36. The molecule has 2 aromatic heterocycles. The molecule has 1 saturated heterocycles. The van der Waals surface area contributed by atoms with E-state index in [1.165, 1.54) is 6.33 Å². The zero-order valence-electron chi connectivity index (χ0n) is 15.2. The fraction of sp³-hybridized carbons (Fsp3) is 0.300. The third kappa shape index (κ3) is 2.96. The molecule has 2 unspecified atom stereocenters. The molecule has 2 bridgehead atoms. The Labute approximate surface area is 161 Å². The number of urea groups is 1. The number of rotatable bonds is 2. The number of hydrogen-bond acceptors (Lipinski definition) is 4. The summed E-state index contributed by atoms with van der Waals surface area (Å²) in [5.74, 6) is 0.507. The molecule has 4 heterocycles. The predicted molar refractivity (Wildman–Crippen MR) is 104 cm³/mol. The van der Waals surface area contributed by atoms with E-state index in [-0.39, 0.29) is 17.5 Å². The molecule has 8 heteroatoms. The van der Waals surface area contributed by atoms with Gasteiger partial charge in [0.15, 0.2) is 0 Å². The molecule has 1 aromatic carbocycles. The summed E-state index contributed by atoms with van der Waals surface area (Å²) < 4.78 is 3.52. The topological polar surface area (TPSA) is 85.1 Å². The van der Waals surface area contributed by atoms with E-state index in [1.54, 1.807) is 17.1 Å². The van der Waals surface area contributed by atoms with Gasteiger partial charge in [-0.15, -0.1) is 0 Å². The Morgan fingerprint density at radius 1 is 1.11 bits per heavy atom. The van der Waals surface area contributed by atoms with Gasteiger partial charge in [0.05, 0.1) is 5.69 Å². The number of aromatic nitrogens is 4. The van der Waals surface area contributed by atoms with Crippen LogP contribution in [0.3, 0.4) is 0 Å². The normalized spacial score (nSPS) is 20.5. The first-order chi connectivity index (χ1) is 13.7. The van der Waals surface area contributed by atoms with Gasteiger partial charge in [0, 0.05) is 43.0 Å². The van der Waals surface area contributed by atoms with Crippen LogP contribution in [0.5, 0.6) is 0 Å². The Kier molecular flexibility index (Phi) is 3.96. The summed E-state index contributed by atoms with van der Waals surface area (Å²) in [5.41, 5.74) is 2.63. The van der Waals surface area contributed by atoms with Gasteiger partial charge in [-0.2, -0.15) is 5.10 Å². The van der Waals surface area contributed by atoms with Crippen LogP contribution in [0.15, 0.2) is 59.9 Å². The summed E-state index contributed by atoms with van der Waals surface area (Å²) in [6, 6.07) is 12.8. The number of nitrogens with zero attached hydrogens (tertiary/aromatic N) is 5. The summed E-state index contributed by atoms with van der Waals surface area (Å²) in [6.07, 6.45) is 4.11. The molecule has 2 atom stereocenters. The lowest BCUT2D eigenvalue weighted by atomic mass is 9.83. The lowest BCUT2D eigenvalue weighted by Crippen LogP contribution is -2.50. The van der Waals surface area contributed by atoms with Crippen LogP contribution >= 0.6 is 0 Å². The van der Waals surface area contributed by atoms with Crippen molar-refractivity contribution in [3.05, 3.63) is 71.2 Å². The lowest BCUT2D eigenvalue weighted by Gasteiger charge is -2.42. The van der Waals surface area contributed by atoms with E-state index in [0.717, 1.165) is 17.8 Å². The van der Waals surface area contributed by atoms with Gasteiger partial charge < -0.3 is 14.8 Å². The van der Waals surface area contributed by atoms with Crippen LogP contribution < -0.4 is 10.9 Å². The lowest BCUT2D eigenvalue weighted by molar-refractivity contribution is 0.139. The van der Waals surface area contributed by atoms with Gasteiger partial charge in [-0.1, -0.05) is 12.1 Å². The molecule has 0 saturated carbocycles. The van der Waals surface area contributed by atoms with Crippen LogP contribution in [-0.4, -0.2) is 43.4 Å². The number of benzene rings is 1. The monoisotopic (exact) mass is 376 g/mol. The zero-order valence-corrected chi connectivity index (χ0v) is 15.2. The Balaban J connectivity index is 1.34. The third-order valence-electron chi connectivity index (χ3n) is 5.55. The Hall–Kier alpha value is -3.42. The van der Waals surface area contributed by atoms with Gasteiger partial charge in [0.25, 0.3) is 5.56 Å². The van der Waals surface area contributed by atoms with Crippen molar-refractivity contribution in [2.24, 2.45) is 5.92 Å². The minimum Gasteiger partial charge on any atom is -0.324 e. The fourth-order valence-corrected chi connectivity index (χ4v) is 4.33. The van der Waals surface area contributed by atoms with Crippen molar-refractivity contribution in [3.8, 4) is 5.69 Å². The van der Waals surface area contributed by atoms with Gasteiger partial charge in [-0.25, -0.2) is 14.5 Å². The summed E-state index contributed by atoms with van der Waals surface area (Å²) in [7, 11) is 0. The maximum absolute atomic E-state index is 12.9. The molecule has 5 rings (SSSR count). The zero-order chi connectivity index (χ0) is 19.1. The minimum atomic E-state index is -0.114. The maximum Gasteiger partial charge on any atom is 0.321 e. The number of hydrogen-bond donors (Lipinski definition) is 1. The van der Waals surface area contributed by atoms with Crippen molar-refractivity contribution in [1.29, 1.82) is 0 Å². The van der Waals surface area contributed by atoms with Gasteiger partial charge in [0.1, 0.15) is 12.7 Å². The summed E-state index contributed by atoms with van der Waals surface area (Å²) >= 11 is 0. The van der Waals surface area contributed by atoms with E-state index in [1.807, 2.05) is 45.9 Å².